The van der Waals surface area contributed by atoms with Crippen molar-refractivity contribution >= 4 is 16.8 Å². The maximum Gasteiger partial charge on any atom is 0.418 e. The van der Waals surface area contributed by atoms with Gasteiger partial charge in [0.05, 0.1) is 28.3 Å². The Morgan fingerprint density at radius 1 is 1.34 bits per heavy atom. The topological polar surface area (TPSA) is 78.9 Å². The molecule has 1 fully saturated rings. The molecule has 0 atom stereocenters. The fourth-order valence-corrected chi connectivity index (χ4v) is 3.77. The van der Waals surface area contributed by atoms with Crippen LogP contribution in [0.2, 0.25) is 0 Å². The lowest BCUT2D eigenvalue weighted by Crippen LogP contribution is -2.23. The van der Waals surface area contributed by atoms with Crippen LogP contribution in [0.15, 0.2) is 12.1 Å². The average molecular weight is 407 g/mol. The van der Waals surface area contributed by atoms with Crippen molar-refractivity contribution in [3.63, 3.8) is 0 Å². The van der Waals surface area contributed by atoms with Crippen molar-refractivity contribution in [3.8, 4) is 6.07 Å². The van der Waals surface area contributed by atoms with Crippen LogP contribution in [0.3, 0.4) is 0 Å². The molecule has 1 aliphatic carbocycles. The maximum absolute atomic E-state index is 13.6. The summed E-state index contributed by atoms with van der Waals surface area (Å²) in [7, 11) is 0. The van der Waals surface area contributed by atoms with Gasteiger partial charge >= 0.3 is 6.18 Å². The third kappa shape index (κ3) is 4.78. The first-order valence-corrected chi connectivity index (χ1v) is 9.76. The quantitative estimate of drug-likeness (QED) is 0.721. The number of Topliss-reactive ketones (excluding diaryl/α,β-unsaturated/α-hetero) is 1. The number of aryl methyl sites for hydroxylation is 1. The molecule has 2 aromatic rings. The molecule has 3 rings (SSSR count). The van der Waals surface area contributed by atoms with Gasteiger partial charge in [0.1, 0.15) is 17.1 Å². The number of aromatic nitrogens is 2. The summed E-state index contributed by atoms with van der Waals surface area (Å²) < 4.78 is 42.5. The van der Waals surface area contributed by atoms with Crippen molar-refractivity contribution in [1.82, 2.24) is 9.55 Å². The van der Waals surface area contributed by atoms with Gasteiger partial charge in [-0.05, 0) is 51.7 Å². The Labute approximate surface area is 167 Å². The van der Waals surface area contributed by atoms with Crippen molar-refractivity contribution < 1.29 is 23.1 Å². The van der Waals surface area contributed by atoms with Gasteiger partial charge in [-0.2, -0.15) is 18.4 Å². The minimum Gasteiger partial charge on any atom is -0.390 e. The molecule has 0 amide bonds. The number of rotatable bonds is 7. The van der Waals surface area contributed by atoms with Crippen LogP contribution in [0.25, 0.3) is 11.0 Å². The summed E-state index contributed by atoms with van der Waals surface area (Å²) in [5, 5.41) is 18.9. The van der Waals surface area contributed by atoms with E-state index < -0.39 is 17.3 Å². The summed E-state index contributed by atoms with van der Waals surface area (Å²) >= 11 is 0. The zero-order valence-corrected chi connectivity index (χ0v) is 16.5. The van der Waals surface area contributed by atoms with E-state index in [9.17, 15) is 28.3 Å². The number of carbonyl (C=O) groups excluding carboxylic acids is 1. The van der Waals surface area contributed by atoms with E-state index in [4.69, 9.17) is 0 Å². The van der Waals surface area contributed by atoms with E-state index >= 15 is 0 Å². The standard InChI is InChI=1S/C21H24F3N3O2/c1-20(2,29)11-15(28)7-4-8-18-26-19-16(21(22,23)24)9-13(12-25)10-17(19)27(18)14-5-3-6-14/h9-10,14,29H,3-8,11H2,1-2H3. The number of hydrogen-bond donors (Lipinski definition) is 1. The Hall–Kier alpha value is -2.40. The van der Waals surface area contributed by atoms with Crippen molar-refractivity contribution in [3.05, 3.63) is 29.1 Å². The van der Waals surface area contributed by atoms with Crippen LogP contribution in [-0.2, 0) is 17.4 Å². The van der Waals surface area contributed by atoms with Crippen molar-refractivity contribution in [2.24, 2.45) is 0 Å². The summed E-state index contributed by atoms with van der Waals surface area (Å²) in [5.74, 6) is 0.424. The molecule has 29 heavy (non-hydrogen) atoms. The largest absolute Gasteiger partial charge is 0.418 e. The summed E-state index contributed by atoms with van der Waals surface area (Å²) in [6.45, 7) is 3.12. The van der Waals surface area contributed by atoms with Gasteiger partial charge in [-0.15, -0.1) is 0 Å². The molecule has 0 aliphatic heterocycles. The van der Waals surface area contributed by atoms with Gasteiger partial charge in [-0.25, -0.2) is 4.98 Å². The van der Waals surface area contributed by atoms with Crippen LogP contribution in [0.5, 0.6) is 0 Å². The third-order valence-electron chi connectivity index (χ3n) is 5.23. The SMILES string of the molecule is CC(C)(O)CC(=O)CCCc1nc2c(C(F)(F)F)cc(C#N)cc2n1C1CCC1. The maximum atomic E-state index is 13.6. The highest BCUT2D eigenvalue weighted by atomic mass is 19.4. The number of halogens is 3. The van der Waals surface area contributed by atoms with Crippen molar-refractivity contribution in [2.75, 3.05) is 0 Å². The summed E-state index contributed by atoms with van der Waals surface area (Å²) in [6, 6.07) is 4.20. The minimum absolute atomic E-state index is 0.0375. The minimum atomic E-state index is -4.61. The second kappa shape index (κ2) is 7.79. The van der Waals surface area contributed by atoms with Crippen LogP contribution in [0, 0.1) is 11.3 Å². The summed E-state index contributed by atoms with van der Waals surface area (Å²) in [6.07, 6.45) is -0.827. The van der Waals surface area contributed by atoms with Crippen LogP contribution in [0.4, 0.5) is 13.2 Å². The predicted octanol–water partition coefficient (Wildman–Crippen LogP) is 4.70. The third-order valence-corrected chi connectivity index (χ3v) is 5.23. The smallest absolute Gasteiger partial charge is 0.390 e. The molecular formula is C21H24F3N3O2. The Balaban J connectivity index is 1.94. The molecule has 156 valence electrons. The molecule has 8 heteroatoms. The highest BCUT2D eigenvalue weighted by Crippen LogP contribution is 2.40. The second-order valence-electron chi connectivity index (χ2n) is 8.37. The van der Waals surface area contributed by atoms with Crippen molar-refractivity contribution in [2.45, 2.75) is 76.6 Å². The Kier molecular flexibility index (Phi) is 5.72. The Morgan fingerprint density at radius 2 is 2.03 bits per heavy atom. The van der Waals surface area contributed by atoms with Gasteiger partial charge in [0, 0.05) is 25.3 Å². The molecule has 0 bridgehead atoms. The average Bonchev–Trinajstić information content (AvgIpc) is 2.88. The molecular weight excluding hydrogens is 383 g/mol. The number of fused-ring (bicyclic) bond motifs is 1. The molecule has 1 aromatic carbocycles. The van der Waals surface area contributed by atoms with E-state index in [1.807, 2.05) is 10.6 Å². The molecule has 0 unspecified atom stereocenters. The number of alkyl halides is 3. The monoisotopic (exact) mass is 407 g/mol. The highest BCUT2D eigenvalue weighted by Gasteiger charge is 2.36. The number of nitriles is 1. The number of imidazole rings is 1. The molecule has 5 nitrogen and oxygen atoms in total. The summed E-state index contributed by atoms with van der Waals surface area (Å²) in [5.41, 5.74) is -1.83. The van der Waals surface area contributed by atoms with Crippen molar-refractivity contribution in [1.29, 1.82) is 5.26 Å². The van der Waals surface area contributed by atoms with Gasteiger partial charge in [0.2, 0.25) is 0 Å². The fraction of sp³-hybridized carbons (Fsp3) is 0.571. The van der Waals surface area contributed by atoms with E-state index in [0.717, 1.165) is 25.3 Å². The van der Waals surface area contributed by atoms with E-state index in [1.54, 1.807) is 13.8 Å². The lowest BCUT2D eigenvalue weighted by Gasteiger charge is -2.29. The number of aliphatic hydroxyl groups is 1. The molecule has 0 radical (unpaired) electrons. The second-order valence-corrected chi connectivity index (χ2v) is 8.37. The van der Waals surface area contributed by atoms with Crippen LogP contribution >= 0.6 is 0 Å². The lowest BCUT2D eigenvalue weighted by atomic mass is 9.92. The van der Waals surface area contributed by atoms with E-state index in [2.05, 4.69) is 4.98 Å². The van der Waals surface area contributed by atoms with Gasteiger partial charge < -0.3 is 9.67 Å². The lowest BCUT2D eigenvalue weighted by molar-refractivity contribution is -0.136. The zero-order chi connectivity index (χ0) is 21.4. The molecule has 1 aromatic heterocycles. The summed E-state index contributed by atoms with van der Waals surface area (Å²) in [4.78, 5) is 16.3. The molecule has 1 saturated carbocycles. The van der Waals surface area contributed by atoms with Crippen LogP contribution in [-0.4, -0.2) is 26.0 Å². The highest BCUT2D eigenvalue weighted by molar-refractivity contribution is 5.82. The number of nitrogens with zero attached hydrogens (tertiary/aromatic N) is 3. The van der Waals surface area contributed by atoms with E-state index in [0.29, 0.717) is 24.2 Å². The Morgan fingerprint density at radius 3 is 2.55 bits per heavy atom. The predicted molar refractivity (Wildman–Crippen MR) is 101 cm³/mol. The number of benzene rings is 1. The normalized spacial score (nSPS) is 15.3. The number of hydrogen-bond acceptors (Lipinski definition) is 4. The first-order chi connectivity index (χ1) is 13.5. The Bertz CT molecular complexity index is 961. The molecule has 0 spiro atoms. The van der Waals surface area contributed by atoms with E-state index in [1.165, 1.54) is 6.07 Å². The van der Waals surface area contributed by atoms with Gasteiger partial charge in [0.25, 0.3) is 0 Å². The van der Waals surface area contributed by atoms with Gasteiger partial charge in [0.15, 0.2) is 0 Å². The van der Waals surface area contributed by atoms with E-state index in [-0.39, 0.29) is 35.7 Å². The molecule has 1 N–H and O–H groups in total. The number of carbonyl (C=O) groups is 1. The molecule has 1 heterocycles. The van der Waals surface area contributed by atoms with Gasteiger partial charge in [-0.1, -0.05) is 0 Å². The fourth-order valence-electron chi connectivity index (χ4n) is 3.77. The molecule has 0 saturated heterocycles. The van der Waals surface area contributed by atoms with Gasteiger partial charge in [-0.3, -0.25) is 4.79 Å². The van der Waals surface area contributed by atoms with Crippen LogP contribution in [0.1, 0.15) is 75.4 Å². The molecule has 1 aliphatic rings. The first-order valence-electron chi connectivity index (χ1n) is 9.76. The number of ketones is 1. The van der Waals surface area contributed by atoms with Crippen LogP contribution < -0.4 is 0 Å². The zero-order valence-electron chi connectivity index (χ0n) is 16.5. The first kappa shape index (κ1) is 21.3.